The van der Waals surface area contributed by atoms with Crippen LogP contribution in [0.15, 0.2) is 47.4 Å². The van der Waals surface area contributed by atoms with Gasteiger partial charge in [-0.25, -0.2) is 13.2 Å². The van der Waals surface area contributed by atoms with Crippen molar-refractivity contribution in [1.82, 2.24) is 4.90 Å². The summed E-state index contributed by atoms with van der Waals surface area (Å²) < 4.78 is 31.3. The molecule has 0 aliphatic rings. The Morgan fingerprint density at radius 3 is 2.24 bits per heavy atom. The van der Waals surface area contributed by atoms with E-state index in [0.717, 1.165) is 5.56 Å². The Hall–Kier alpha value is -2.89. The molecule has 2 aromatic rings. The van der Waals surface area contributed by atoms with Crippen molar-refractivity contribution in [2.75, 3.05) is 12.4 Å². The zero-order chi connectivity index (χ0) is 28.0. The lowest BCUT2D eigenvalue weighted by Gasteiger charge is -2.25. The van der Waals surface area contributed by atoms with Crippen molar-refractivity contribution in [3.8, 4) is 0 Å². The summed E-state index contributed by atoms with van der Waals surface area (Å²) in [5, 5.41) is 20.5. The van der Waals surface area contributed by atoms with Crippen molar-refractivity contribution in [2.24, 2.45) is 0 Å². The molecule has 0 spiro atoms. The standard InChI is InChI=1S/C26H37BN2O7S/c1-18(2)37(34,35)23-15-14-22(16-20(23)17-29(6)25(31)36-26(3,4)5)28-24(30)9-7-8-19-10-12-21(13-11-19)27(32)33/h10-16,18,32-33H,7-9,17H2,1-6H3,(H,28,30). The Balaban J connectivity index is 2.13. The molecule has 0 fully saturated rings. The zero-order valence-corrected chi connectivity index (χ0v) is 23.1. The lowest BCUT2D eigenvalue weighted by molar-refractivity contribution is -0.116. The SMILES string of the molecule is CC(C)S(=O)(=O)c1ccc(NC(=O)CCCc2ccc(B(O)O)cc2)cc1CN(C)C(=O)OC(C)(C)C. The van der Waals surface area contributed by atoms with E-state index in [1.54, 1.807) is 71.0 Å². The average molecular weight is 532 g/mol. The first-order valence-corrected chi connectivity index (χ1v) is 13.7. The third-order valence-corrected chi connectivity index (χ3v) is 7.78. The molecule has 0 bridgehead atoms. The van der Waals surface area contributed by atoms with Crippen LogP contribution in [-0.4, -0.2) is 60.4 Å². The van der Waals surface area contributed by atoms with Crippen LogP contribution in [0.1, 0.15) is 58.6 Å². The maximum atomic E-state index is 13.0. The number of anilines is 1. The second kappa shape index (κ2) is 12.6. The van der Waals surface area contributed by atoms with Crippen molar-refractivity contribution in [1.29, 1.82) is 0 Å². The fourth-order valence-corrected chi connectivity index (χ4v) is 4.76. The fraction of sp³-hybridized carbons (Fsp3) is 0.462. The summed E-state index contributed by atoms with van der Waals surface area (Å²) in [7, 11) is -3.63. The first kappa shape index (κ1) is 30.3. The topological polar surface area (TPSA) is 133 Å². The molecule has 3 N–H and O–H groups in total. The van der Waals surface area contributed by atoms with E-state index < -0.39 is 33.9 Å². The molecule has 0 heterocycles. The number of carbonyl (C=O) groups is 2. The van der Waals surface area contributed by atoms with Gasteiger partial charge in [0.25, 0.3) is 0 Å². The van der Waals surface area contributed by atoms with Crippen LogP contribution in [0.25, 0.3) is 0 Å². The minimum Gasteiger partial charge on any atom is -0.444 e. The van der Waals surface area contributed by atoms with Crippen LogP contribution in [-0.2, 0) is 32.3 Å². The van der Waals surface area contributed by atoms with Crippen LogP contribution in [0.5, 0.6) is 0 Å². The highest BCUT2D eigenvalue weighted by Crippen LogP contribution is 2.26. The molecule has 0 aliphatic carbocycles. The van der Waals surface area contributed by atoms with Gasteiger partial charge in [0.15, 0.2) is 9.84 Å². The summed E-state index contributed by atoms with van der Waals surface area (Å²) in [6, 6.07) is 11.4. The molecule has 0 aliphatic heterocycles. The van der Waals surface area contributed by atoms with Crippen LogP contribution in [0.3, 0.4) is 0 Å². The normalized spacial score (nSPS) is 11.8. The van der Waals surface area contributed by atoms with Gasteiger partial charge in [-0.3, -0.25) is 4.79 Å². The monoisotopic (exact) mass is 532 g/mol. The average Bonchev–Trinajstić information content (AvgIpc) is 2.78. The highest BCUT2D eigenvalue weighted by Gasteiger charge is 2.26. The minimum atomic E-state index is -3.64. The molecular weight excluding hydrogens is 495 g/mol. The number of hydrogen-bond acceptors (Lipinski definition) is 7. The highest BCUT2D eigenvalue weighted by atomic mass is 32.2. The number of nitrogens with zero attached hydrogens (tertiary/aromatic N) is 1. The van der Waals surface area contributed by atoms with Crippen molar-refractivity contribution in [3.05, 3.63) is 53.6 Å². The Morgan fingerprint density at radius 1 is 1.08 bits per heavy atom. The summed E-state index contributed by atoms with van der Waals surface area (Å²) >= 11 is 0. The Labute approximate surface area is 219 Å². The fourth-order valence-electron chi connectivity index (χ4n) is 3.51. The van der Waals surface area contributed by atoms with Crippen LogP contribution in [0, 0.1) is 0 Å². The molecule has 11 heteroatoms. The van der Waals surface area contributed by atoms with E-state index in [4.69, 9.17) is 4.74 Å². The molecule has 0 saturated carbocycles. The molecule has 9 nitrogen and oxygen atoms in total. The van der Waals surface area contributed by atoms with Crippen molar-refractivity contribution in [3.63, 3.8) is 0 Å². The Morgan fingerprint density at radius 2 is 1.70 bits per heavy atom. The largest absolute Gasteiger partial charge is 0.488 e. The third kappa shape index (κ3) is 9.17. The number of hydrogen-bond donors (Lipinski definition) is 3. The van der Waals surface area contributed by atoms with Crippen molar-refractivity contribution in [2.45, 2.75) is 76.2 Å². The van der Waals surface area contributed by atoms with Gasteiger partial charge in [-0.15, -0.1) is 0 Å². The first-order valence-electron chi connectivity index (χ1n) is 12.2. The second-order valence-electron chi connectivity index (χ2n) is 10.3. The van der Waals surface area contributed by atoms with E-state index in [0.29, 0.717) is 29.6 Å². The van der Waals surface area contributed by atoms with Gasteiger partial charge in [0.05, 0.1) is 16.7 Å². The number of carbonyl (C=O) groups excluding carboxylic acids is 2. The van der Waals surface area contributed by atoms with Gasteiger partial charge in [-0.05, 0) is 82.2 Å². The third-order valence-electron chi connectivity index (χ3n) is 5.53. The molecule has 2 rings (SSSR count). The van der Waals surface area contributed by atoms with Crippen LogP contribution < -0.4 is 10.8 Å². The summed E-state index contributed by atoms with van der Waals surface area (Å²) in [6.07, 6.45) is 0.855. The number of ether oxygens (including phenoxy) is 1. The van der Waals surface area contributed by atoms with Crippen LogP contribution >= 0.6 is 0 Å². The summed E-state index contributed by atoms with van der Waals surface area (Å²) in [4.78, 5) is 26.4. The molecule has 2 aromatic carbocycles. The zero-order valence-electron chi connectivity index (χ0n) is 22.3. The molecule has 202 valence electrons. The lowest BCUT2D eigenvalue weighted by atomic mass is 9.80. The van der Waals surface area contributed by atoms with Gasteiger partial charge in [0, 0.05) is 19.2 Å². The van der Waals surface area contributed by atoms with E-state index in [1.165, 1.54) is 18.0 Å². The number of rotatable bonds is 10. The molecule has 37 heavy (non-hydrogen) atoms. The quantitative estimate of drug-likeness (QED) is 0.401. The molecule has 0 radical (unpaired) electrons. The van der Waals surface area contributed by atoms with Gasteiger partial charge in [-0.1, -0.05) is 24.3 Å². The number of aryl methyl sites for hydroxylation is 1. The summed E-state index contributed by atoms with van der Waals surface area (Å²) in [6.45, 7) is 8.41. The van der Waals surface area contributed by atoms with Gasteiger partial charge in [-0.2, -0.15) is 0 Å². The minimum absolute atomic E-state index is 0.0154. The lowest BCUT2D eigenvalue weighted by Crippen LogP contribution is -2.34. The van der Waals surface area contributed by atoms with E-state index in [1.807, 2.05) is 0 Å². The van der Waals surface area contributed by atoms with Crippen LogP contribution in [0.2, 0.25) is 0 Å². The predicted molar refractivity (Wildman–Crippen MR) is 144 cm³/mol. The molecular formula is C26H37BN2O7S. The van der Waals surface area contributed by atoms with E-state index in [2.05, 4.69) is 5.32 Å². The second-order valence-corrected chi connectivity index (χ2v) is 12.7. The number of nitrogens with one attached hydrogen (secondary N) is 1. The summed E-state index contributed by atoms with van der Waals surface area (Å²) in [5.41, 5.74) is 1.48. The Kier molecular flexibility index (Phi) is 10.3. The van der Waals surface area contributed by atoms with Gasteiger partial charge in [0.2, 0.25) is 5.91 Å². The van der Waals surface area contributed by atoms with Gasteiger partial charge in [0.1, 0.15) is 5.60 Å². The number of amides is 2. The number of sulfone groups is 1. The van der Waals surface area contributed by atoms with Crippen molar-refractivity contribution < 1.29 is 32.8 Å². The summed E-state index contributed by atoms with van der Waals surface area (Å²) in [5.74, 6) is -0.228. The van der Waals surface area contributed by atoms with E-state index >= 15 is 0 Å². The smallest absolute Gasteiger partial charge is 0.444 e. The maximum absolute atomic E-state index is 13.0. The highest BCUT2D eigenvalue weighted by molar-refractivity contribution is 7.92. The molecule has 2 amide bonds. The first-order chi connectivity index (χ1) is 17.1. The van der Waals surface area contributed by atoms with E-state index in [-0.39, 0.29) is 23.8 Å². The van der Waals surface area contributed by atoms with Crippen LogP contribution in [0.4, 0.5) is 10.5 Å². The van der Waals surface area contributed by atoms with Crippen molar-refractivity contribution >= 4 is 40.1 Å². The molecule has 0 saturated heterocycles. The number of benzene rings is 2. The molecule has 0 unspecified atom stereocenters. The van der Waals surface area contributed by atoms with Gasteiger partial charge >= 0.3 is 13.2 Å². The molecule has 0 atom stereocenters. The van der Waals surface area contributed by atoms with E-state index in [9.17, 15) is 28.1 Å². The van der Waals surface area contributed by atoms with Gasteiger partial charge < -0.3 is 25.0 Å². The Bertz CT molecular complexity index is 1190. The maximum Gasteiger partial charge on any atom is 0.488 e. The predicted octanol–water partition coefficient (Wildman–Crippen LogP) is 2.88. The molecule has 0 aromatic heterocycles.